The van der Waals surface area contributed by atoms with Crippen molar-refractivity contribution >= 4 is 11.6 Å². The number of hydrogen-bond acceptors (Lipinski definition) is 2. The van der Waals surface area contributed by atoms with E-state index >= 15 is 0 Å². The standard InChI is InChI=1S/C14H12ClF3N2/c15-10-2-4-11(16)9(5-10)7-14(20-19)8-1-3-12(17)13(18)6-8/h1-6,14,20H,7,19H2. The Morgan fingerprint density at radius 2 is 1.70 bits per heavy atom. The summed E-state index contributed by atoms with van der Waals surface area (Å²) in [6.45, 7) is 0. The number of hydrazine groups is 1. The lowest BCUT2D eigenvalue weighted by atomic mass is 9.99. The van der Waals surface area contributed by atoms with Gasteiger partial charge in [0.25, 0.3) is 0 Å². The van der Waals surface area contributed by atoms with E-state index in [9.17, 15) is 13.2 Å². The Morgan fingerprint density at radius 3 is 2.35 bits per heavy atom. The molecule has 0 aliphatic heterocycles. The Bertz CT molecular complexity index is 619. The first-order valence-electron chi connectivity index (χ1n) is 5.86. The maximum Gasteiger partial charge on any atom is 0.159 e. The second-order valence-electron chi connectivity index (χ2n) is 4.33. The van der Waals surface area contributed by atoms with Crippen LogP contribution in [0.3, 0.4) is 0 Å². The fraction of sp³-hybridized carbons (Fsp3) is 0.143. The Balaban J connectivity index is 2.28. The predicted octanol–water partition coefficient (Wildman–Crippen LogP) is 3.50. The van der Waals surface area contributed by atoms with Crippen LogP contribution in [0.5, 0.6) is 0 Å². The molecule has 2 nitrogen and oxygen atoms in total. The van der Waals surface area contributed by atoms with Crippen molar-refractivity contribution in [3.8, 4) is 0 Å². The van der Waals surface area contributed by atoms with Gasteiger partial charge in [0, 0.05) is 5.02 Å². The van der Waals surface area contributed by atoms with Crippen LogP contribution in [0.4, 0.5) is 13.2 Å². The summed E-state index contributed by atoms with van der Waals surface area (Å²) < 4.78 is 39.8. The van der Waals surface area contributed by atoms with Crippen molar-refractivity contribution in [1.82, 2.24) is 5.43 Å². The molecule has 2 aromatic rings. The lowest BCUT2D eigenvalue weighted by Gasteiger charge is -2.17. The highest BCUT2D eigenvalue weighted by Gasteiger charge is 2.15. The minimum absolute atomic E-state index is 0.161. The van der Waals surface area contributed by atoms with Gasteiger partial charge in [-0.05, 0) is 47.9 Å². The van der Waals surface area contributed by atoms with Gasteiger partial charge >= 0.3 is 0 Å². The van der Waals surface area contributed by atoms with E-state index in [1.807, 2.05) is 0 Å². The maximum absolute atomic E-state index is 13.7. The first-order valence-corrected chi connectivity index (χ1v) is 6.24. The molecule has 0 saturated carbocycles. The van der Waals surface area contributed by atoms with E-state index in [4.69, 9.17) is 17.4 Å². The second kappa shape index (κ2) is 6.26. The normalized spacial score (nSPS) is 12.4. The third kappa shape index (κ3) is 3.30. The fourth-order valence-corrected chi connectivity index (χ4v) is 2.12. The topological polar surface area (TPSA) is 38.0 Å². The van der Waals surface area contributed by atoms with E-state index in [0.29, 0.717) is 16.1 Å². The minimum atomic E-state index is -0.977. The van der Waals surface area contributed by atoms with Gasteiger partial charge in [0.15, 0.2) is 11.6 Å². The molecule has 0 aliphatic carbocycles. The zero-order chi connectivity index (χ0) is 14.7. The third-order valence-corrected chi connectivity index (χ3v) is 3.21. The monoisotopic (exact) mass is 300 g/mol. The van der Waals surface area contributed by atoms with Crippen LogP contribution >= 0.6 is 11.6 Å². The SMILES string of the molecule is NNC(Cc1cc(Cl)ccc1F)c1ccc(F)c(F)c1. The number of nitrogens with two attached hydrogens (primary N) is 1. The number of nitrogens with one attached hydrogen (secondary N) is 1. The molecule has 2 aromatic carbocycles. The summed E-state index contributed by atoms with van der Waals surface area (Å²) in [7, 11) is 0. The van der Waals surface area contributed by atoms with Gasteiger partial charge in [-0.15, -0.1) is 0 Å². The largest absolute Gasteiger partial charge is 0.271 e. The molecule has 1 unspecified atom stereocenters. The highest BCUT2D eigenvalue weighted by molar-refractivity contribution is 6.30. The zero-order valence-corrected chi connectivity index (χ0v) is 11.1. The quantitative estimate of drug-likeness (QED) is 0.670. The van der Waals surface area contributed by atoms with Crippen molar-refractivity contribution in [1.29, 1.82) is 0 Å². The highest BCUT2D eigenvalue weighted by Crippen LogP contribution is 2.23. The van der Waals surface area contributed by atoms with Gasteiger partial charge in [-0.25, -0.2) is 13.2 Å². The van der Waals surface area contributed by atoms with Gasteiger partial charge in [0.2, 0.25) is 0 Å². The minimum Gasteiger partial charge on any atom is -0.271 e. The fourth-order valence-electron chi connectivity index (χ4n) is 1.92. The van der Waals surface area contributed by atoms with E-state index < -0.39 is 23.5 Å². The Kier molecular flexibility index (Phi) is 4.65. The average molecular weight is 301 g/mol. The van der Waals surface area contributed by atoms with E-state index in [2.05, 4.69) is 5.43 Å². The molecular weight excluding hydrogens is 289 g/mol. The molecule has 0 fully saturated rings. The molecule has 1 atom stereocenters. The van der Waals surface area contributed by atoms with Crippen LogP contribution in [0, 0.1) is 17.5 Å². The number of rotatable bonds is 4. The molecule has 106 valence electrons. The smallest absolute Gasteiger partial charge is 0.159 e. The summed E-state index contributed by atoms with van der Waals surface area (Å²) >= 11 is 5.81. The van der Waals surface area contributed by atoms with Crippen LogP contribution in [-0.2, 0) is 6.42 Å². The van der Waals surface area contributed by atoms with Crippen molar-refractivity contribution in [2.45, 2.75) is 12.5 Å². The second-order valence-corrected chi connectivity index (χ2v) is 4.77. The van der Waals surface area contributed by atoms with E-state index in [1.165, 1.54) is 24.3 Å². The van der Waals surface area contributed by atoms with Gasteiger partial charge < -0.3 is 0 Å². The summed E-state index contributed by atoms with van der Waals surface area (Å²) in [5.74, 6) is 3.05. The summed E-state index contributed by atoms with van der Waals surface area (Å²) in [5, 5.41) is 0.391. The van der Waals surface area contributed by atoms with Crippen LogP contribution in [0.1, 0.15) is 17.2 Å². The van der Waals surface area contributed by atoms with Crippen molar-refractivity contribution in [2.75, 3.05) is 0 Å². The Labute approximate surface area is 119 Å². The number of benzene rings is 2. The predicted molar refractivity (Wildman–Crippen MR) is 71.5 cm³/mol. The molecule has 0 radical (unpaired) electrons. The van der Waals surface area contributed by atoms with Gasteiger partial charge in [-0.3, -0.25) is 11.3 Å². The van der Waals surface area contributed by atoms with Crippen molar-refractivity contribution in [3.05, 3.63) is 70.0 Å². The lowest BCUT2D eigenvalue weighted by Crippen LogP contribution is -2.30. The first kappa shape index (κ1) is 14.8. The molecule has 2 rings (SSSR count). The molecule has 6 heteroatoms. The summed E-state index contributed by atoms with van der Waals surface area (Å²) in [6.07, 6.45) is 0.161. The lowest BCUT2D eigenvalue weighted by molar-refractivity contribution is 0.494. The zero-order valence-electron chi connectivity index (χ0n) is 10.3. The van der Waals surface area contributed by atoms with Gasteiger partial charge in [0.05, 0.1) is 6.04 Å². The van der Waals surface area contributed by atoms with Crippen molar-refractivity contribution < 1.29 is 13.2 Å². The molecule has 0 aromatic heterocycles. The van der Waals surface area contributed by atoms with E-state index in [-0.39, 0.29) is 6.42 Å². The van der Waals surface area contributed by atoms with Gasteiger partial charge in [-0.2, -0.15) is 0 Å². The van der Waals surface area contributed by atoms with Gasteiger partial charge in [0.1, 0.15) is 5.82 Å². The Hall–Kier alpha value is -1.56. The highest BCUT2D eigenvalue weighted by atomic mass is 35.5. The Morgan fingerprint density at radius 1 is 1.00 bits per heavy atom. The molecular formula is C14H12ClF3N2. The molecule has 3 N–H and O–H groups in total. The van der Waals surface area contributed by atoms with Crippen molar-refractivity contribution in [2.24, 2.45) is 5.84 Å². The van der Waals surface area contributed by atoms with Gasteiger partial charge in [-0.1, -0.05) is 17.7 Å². The van der Waals surface area contributed by atoms with E-state index in [0.717, 1.165) is 12.1 Å². The van der Waals surface area contributed by atoms with Crippen LogP contribution in [0.15, 0.2) is 36.4 Å². The van der Waals surface area contributed by atoms with Crippen LogP contribution < -0.4 is 11.3 Å². The third-order valence-electron chi connectivity index (χ3n) is 2.98. The number of hydrogen-bond donors (Lipinski definition) is 2. The summed E-state index contributed by atoms with van der Waals surface area (Å²) in [6, 6.07) is 7.02. The molecule has 0 saturated heterocycles. The van der Waals surface area contributed by atoms with Crippen molar-refractivity contribution in [3.63, 3.8) is 0 Å². The molecule has 0 heterocycles. The molecule has 0 bridgehead atoms. The molecule has 0 amide bonds. The van der Waals surface area contributed by atoms with Crippen LogP contribution in [-0.4, -0.2) is 0 Å². The van der Waals surface area contributed by atoms with Crippen LogP contribution in [0.25, 0.3) is 0 Å². The number of halogens is 4. The molecule has 20 heavy (non-hydrogen) atoms. The van der Waals surface area contributed by atoms with Crippen LogP contribution in [0.2, 0.25) is 5.02 Å². The maximum atomic E-state index is 13.7. The molecule has 0 spiro atoms. The van der Waals surface area contributed by atoms with E-state index in [1.54, 1.807) is 0 Å². The summed E-state index contributed by atoms with van der Waals surface area (Å²) in [5.41, 5.74) is 3.22. The first-order chi connectivity index (χ1) is 9.51. The summed E-state index contributed by atoms with van der Waals surface area (Å²) in [4.78, 5) is 0. The average Bonchev–Trinajstić information content (AvgIpc) is 2.43. The molecule has 0 aliphatic rings.